The van der Waals surface area contributed by atoms with E-state index in [1.54, 1.807) is 0 Å². The summed E-state index contributed by atoms with van der Waals surface area (Å²) < 4.78 is 0. The number of carbonyl (C=O) groups is 1. The summed E-state index contributed by atoms with van der Waals surface area (Å²) in [5.41, 5.74) is 4.89. The summed E-state index contributed by atoms with van der Waals surface area (Å²) in [6.07, 6.45) is 6.95. The molecule has 0 saturated heterocycles. The third kappa shape index (κ3) is 6.90. The number of allylic oxidation sites excluding steroid dienone is 2. The molecule has 0 saturated carbocycles. The van der Waals surface area contributed by atoms with Crippen LogP contribution in [0.25, 0.3) is 32.8 Å². The van der Waals surface area contributed by atoms with Crippen molar-refractivity contribution < 1.29 is 30.0 Å². The van der Waals surface area contributed by atoms with E-state index in [1.165, 1.54) is 43.9 Å². The smallest absolute Gasteiger partial charge is 0.162 e. The first-order valence-corrected chi connectivity index (χ1v) is 19.2. The van der Waals surface area contributed by atoms with Crippen LogP contribution in [0.3, 0.4) is 0 Å². The average molecular weight is 771 g/mol. The Morgan fingerprint density at radius 1 is 0.953 bits per heavy atom. The third-order valence-electron chi connectivity index (χ3n) is 9.21. The Morgan fingerprint density at radius 2 is 1.60 bits per heavy atom. The number of ketones is 1. The van der Waals surface area contributed by atoms with Crippen LogP contribution >= 0.6 is 0 Å². The minimum Gasteiger partial charge on any atom is -0.512 e. The number of aliphatic hydroxyl groups is 1. The number of fused-ring (bicyclic) bond motifs is 4. The van der Waals surface area contributed by atoms with Crippen molar-refractivity contribution in [1.29, 1.82) is 0 Å². The zero-order valence-electron chi connectivity index (χ0n) is 27.4. The second-order valence-electron chi connectivity index (χ2n) is 13.3. The Labute approximate surface area is 273 Å². The molecule has 0 unspecified atom stereocenters. The van der Waals surface area contributed by atoms with Crippen LogP contribution in [0.5, 0.6) is 0 Å². The van der Waals surface area contributed by atoms with E-state index >= 15 is 0 Å². The summed E-state index contributed by atoms with van der Waals surface area (Å²) in [5.74, 6) is 0.547. The van der Waals surface area contributed by atoms with Gasteiger partial charge in [0.25, 0.3) is 0 Å². The van der Waals surface area contributed by atoms with E-state index in [0.717, 1.165) is 36.9 Å². The molecule has 0 bridgehead atoms. The maximum atomic E-state index is 11.7. The van der Waals surface area contributed by atoms with Crippen molar-refractivity contribution in [2.45, 2.75) is 92.3 Å². The molecule has 1 aliphatic carbocycles. The van der Waals surface area contributed by atoms with Crippen molar-refractivity contribution in [2.75, 3.05) is 0 Å². The van der Waals surface area contributed by atoms with Gasteiger partial charge in [0.2, 0.25) is 0 Å². The molecule has 1 radical (unpaired) electrons. The fourth-order valence-electron chi connectivity index (χ4n) is 6.40. The first kappa shape index (κ1) is 34.9. The molecule has 3 nitrogen and oxygen atoms in total. The van der Waals surface area contributed by atoms with Crippen LogP contribution in [-0.2, 0) is 30.3 Å². The van der Waals surface area contributed by atoms with Gasteiger partial charge in [-0.3, -0.25) is 4.79 Å². The van der Waals surface area contributed by atoms with E-state index < -0.39 is 8.07 Å². The molecular weight excluding hydrogens is 723 g/mol. The molecule has 4 aromatic rings. The number of benzene rings is 3. The number of aliphatic hydroxyl groups excluding tert-OH is 1. The molecule has 5 heteroatoms. The molecule has 5 rings (SSSR count). The molecule has 0 spiro atoms. The van der Waals surface area contributed by atoms with Gasteiger partial charge < -0.3 is 10.1 Å². The Kier molecular flexibility index (Phi) is 11.4. The molecule has 3 aromatic carbocycles. The van der Waals surface area contributed by atoms with Crippen LogP contribution in [-0.4, -0.2) is 23.9 Å². The van der Waals surface area contributed by atoms with E-state index in [0.29, 0.717) is 0 Å². The Bertz CT molecular complexity index is 1620. The number of hydrogen-bond donors (Lipinski definition) is 1. The van der Waals surface area contributed by atoms with Crippen molar-refractivity contribution in [1.82, 2.24) is 4.98 Å². The fraction of sp³-hybridized carbons (Fsp3) is 0.421. The summed E-state index contributed by atoms with van der Waals surface area (Å²) in [5, 5.41) is 16.4. The second-order valence-corrected chi connectivity index (χ2v) is 18.4. The standard InChI is InChI=1S/C25H24NSi.C13H24O2.Ir/c1-25(2)21-11-7-9-16-8-6-10-19(22(16)21)24-23(25)20-14-18(27(3,4)5)13-12-17(20)15-26-24;1-5-10(6-2)12(14)9-13(15)11(7-3)8-4;/h6-9,11-15H,1-5H3;9-11,14H,5-8H2,1-4H3;/q-1;;/b;12-9-;. The van der Waals surface area contributed by atoms with Crippen LogP contribution in [0, 0.1) is 17.9 Å². The minimum atomic E-state index is -1.39. The van der Waals surface area contributed by atoms with Gasteiger partial charge in [0.15, 0.2) is 5.78 Å². The second kappa shape index (κ2) is 14.0. The molecule has 0 amide bonds. The molecule has 43 heavy (non-hydrogen) atoms. The zero-order valence-corrected chi connectivity index (χ0v) is 30.8. The largest absolute Gasteiger partial charge is 0.512 e. The van der Waals surface area contributed by atoms with Gasteiger partial charge in [0, 0.05) is 49.6 Å². The summed E-state index contributed by atoms with van der Waals surface area (Å²) in [4.78, 5) is 16.7. The fourth-order valence-corrected chi connectivity index (χ4v) is 7.56. The number of pyridine rings is 1. The summed E-state index contributed by atoms with van der Waals surface area (Å²) in [7, 11) is -1.39. The summed E-state index contributed by atoms with van der Waals surface area (Å²) in [6.45, 7) is 20.0. The van der Waals surface area contributed by atoms with Gasteiger partial charge in [-0.15, -0.1) is 29.1 Å². The summed E-state index contributed by atoms with van der Waals surface area (Å²) in [6, 6.07) is 21.4. The number of aromatic nitrogens is 1. The predicted octanol–water partition coefficient (Wildman–Crippen LogP) is 9.91. The molecule has 1 heterocycles. The van der Waals surface area contributed by atoms with Crippen molar-refractivity contribution in [2.24, 2.45) is 11.8 Å². The van der Waals surface area contributed by atoms with E-state index in [1.807, 2.05) is 40.0 Å². The van der Waals surface area contributed by atoms with Crippen LogP contribution < -0.4 is 5.19 Å². The average Bonchev–Trinajstić information content (AvgIpc) is 2.96. The third-order valence-corrected chi connectivity index (χ3v) is 11.3. The quantitative estimate of drug-likeness (QED) is 0.0841. The van der Waals surface area contributed by atoms with E-state index in [9.17, 15) is 9.90 Å². The van der Waals surface area contributed by atoms with Crippen LogP contribution in [0.2, 0.25) is 19.6 Å². The molecule has 0 aliphatic heterocycles. The minimum absolute atomic E-state index is 0. The van der Waals surface area contributed by atoms with Gasteiger partial charge >= 0.3 is 0 Å². The van der Waals surface area contributed by atoms with Gasteiger partial charge in [-0.1, -0.05) is 114 Å². The van der Waals surface area contributed by atoms with Gasteiger partial charge in [-0.25, -0.2) is 0 Å². The maximum Gasteiger partial charge on any atom is 0.162 e. The molecule has 0 atom stereocenters. The van der Waals surface area contributed by atoms with Gasteiger partial charge in [-0.05, 0) is 47.7 Å². The maximum absolute atomic E-state index is 11.7. The first-order valence-electron chi connectivity index (χ1n) is 15.7. The SMILES string of the molecule is CC1(C)c2c(ncc3ccc([Si](C)(C)C)cc23)-c2[c-]ccc3cccc1c23.CCC(CC)C(=O)/C=C(\O)C(CC)CC.[Ir]. The van der Waals surface area contributed by atoms with E-state index in [4.69, 9.17) is 4.98 Å². The number of rotatable bonds is 8. The topological polar surface area (TPSA) is 50.2 Å². The van der Waals surface area contributed by atoms with Crippen molar-refractivity contribution in [3.63, 3.8) is 0 Å². The normalized spacial score (nSPS) is 13.9. The van der Waals surface area contributed by atoms with Crippen molar-refractivity contribution in [3.05, 3.63) is 83.8 Å². The van der Waals surface area contributed by atoms with E-state index in [2.05, 4.69) is 82.0 Å². The van der Waals surface area contributed by atoms with Crippen molar-refractivity contribution in [3.8, 4) is 11.3 Å². The molecule has 1 aliphatic rings. The monoisotopic (exact) mass is 771 g/mol. The molecule has 1 N–H and O–H groups in total. The van der Waals surface area contributed by atoms with Crippen LogP contribution in [0.15, 0.2) is 66.6 Å². The van der Waals surface area contributed by atoms with Crippen LogP contribution in [0.4, 0.5) is 0 Å². The molecule has 1 aromatic heterocycles. The number of carbonyl (C=O) groups excluding carboxylic acids is 1. The van der Waals surface area contributed by atoms with Gasteiger partial charge in [-0.2, -0.15) is 0 Å². The van der Waals surface area contributed by atoms with Gasteiger partial charge in [0.05, 0.1) is 13.8 Å². The Hall–Kier alpha value is -2.59. The number of nitrogens with zero attached hydrogens (tertiary/aromatic N) is 1. The molecule has 0 fully saturated rings. The molecular formula is C38H48IrNO2Si-. The zero-order chi connectivity index (χ0) is 30.8. The molecule has 231 valence electrons. The van der Waals surface area contributed by atoms with Crippen molar-refractivity contribution >= 4 is 40.6 Å². The number of hydrogen-bond acceptors (Lipinski definition) is 3. The Balaban J connectivity index is 0.000000274. The van der Waals surface area contributed by atoms with Crippen LogP contribution in [0.1, 0.15) is 78.4 Å². The first-order chi connectivity index (χ1) is 19.9. The summed E-state index contributed by atoms with van der Waals surface area (Å²) >= 11 is 0. The van der Waals surface area contributed by atoms with Gasteiger partial charge in [0.1, 0.15) is 0 Å². The Morgan fingerprint density at radius 3 is 2.21 bits per heavy atom. The predicted molar refractivity (Wildman–Crippen MR) is 182 cm³/mol. The van der Waals surface area contributed by atoms with E-state index in [-0.39, 0.29) is 48.9 Å².